The highest BCUT2D eigenvalue weighted by molar-refractivity contribution is 7.92. The summed E-state index contributed by atoms with van der Waals surface area (Å²) in [6.07, 6.45) is 15.3. The maximum Gasteiger partial charge on any atom is 0.589 e. The molecule has 0 saturated heterocycles. The van der Waals surface area contributed by atoms with E-state index in [1.807, 2.05) is 0 Å². The summed E-state index contributed by atoms with van der Waals surface area (Å²) >= 11 is 0. The van der Waals surface area contributed by atoms with Crippen LogP contribution in [0.1, 0.15) is 137 Å². The van der Waals surface area contributed by atoms with Crippen molar-refractivity contribution < 1.29 is 37.3 Å². The molecule has 0 aromatic heterocycles. The van der Waals surface area contributed by atoms with Gasteiger partial charge in [0.05, 0.1) is 17.6 Å². The van der Waals surface area contributed by atoms with E-state index < -0.39 is 40.7 Å². The number of sulfone groups is 1. The Hall–Kier alpha value is -0.600. The zero-order chi connectivity index (χ0) is 28.2. The lowest BCUT2D eigenvalue weighted by Crippen LogP contribution is -2.41. The Morgan fingerprint density at radius 2 is 1.27 bits per heavy atom. The van der Waals surface area contributed by atoms with Gasteiger partial charge in [0, 0.05) is 0 Å². The molecular weight excluding hydrogens is 515 g/mol. The van der Waals surface area contributed by atoms with Gasteiger partial charge in [-0.3, -0.25) is 4.74 Å². The molecule has 10 heteroatoms. The van der Waals surface area contributed by atoms with Crippen LogP contribution in [0.3, 0.4) is 0 Å². The van der Waals surface area contributed by atoms with E-state index in [2.05, 4.69) is 13.8 Å². The Labute approximate surface area is 227 Å². The van der Waals surface area contributed by atoms with E-state index in [4.69, 9.17) is 9.26 Å². The molecule has 0 spiro atoms. The van der Waals surface area contributed by atoms with Crippen LogP contribution in [0.15, 0.2) is 0 Å². The van der Waals surface area contributed by atoms with Crippen LogP contribution in [0.4, 0.5) is 0 Å². The number of aliphatic hydroxyl groups is 1. The van der Waals surface area contributed by atoms with Crippen LogP contribution >= 0.6 is 8.03 Å². The highest BCUT2D eigenvalue weighted by Gasteiger charge is 2.61. The molecule has 2 N–H and O–H groups in total. The van der Waals surface area contributed by atoms with E-state index in [1.54, 1.807) is 6.92 Å². The topological polar surface area (TPSA) is 127 Å². The molecule has 0 fully saturated rings. The van der Waals surface area contributed by atoms with Crippen molar-refractivity contribution in [2.45, 2.75) is 154 Å². The predicted octanol–water partition coefficient (Wildman–Crippen LogP) is 7.36. The third-order valence-electron chi connectivity index (χ3n) is 6.65. The number of rotatable bonds is 26. The molecule has 0 amide bonds. The first-order valence-corrected chi connectivity index (χ1v) is 17.4. The minimum Gasteiger partial charge on any atom is -0.474 e. The second-order valence-electron chi connectivity index (χ2n) is 10.1. The normalized spacial score (nSPS) is 15.8. The van der Waals surface area contributed by atoms with Gasteiger partial charge in [0.1, 0.15) is 6.10 Å². The summed E-state index contributed by atoms with van der Waals surface area (Å²) in [6.45, 7) is 7.41. The number of unbranched alkanes of at least 4 members (excludes halogenated alkanes) is 13. The maximum absolute atomic E-state index is 13.3. The van der Waals surface area contributed by atoms with Crippen molar-refractivity contribution in [1.29, 1.82) is 0 Å². The third kappa shape index (κ3) is 15.5. The number of aliphatic carboxylic acids is 1. The van der Waals surface area contributed by atoms with Crippen LogP contribution in [0.25, 0.3) is 0 Å². The summed E-state index contributed by atoms with van der Waals surface area (Å²) in [6, 6.07) is 0. The zero-order valence-corrected chi connectivity index (χ0v) is 25.5. The maximum atomic E-state index is 13.3. The van der Waals surface area contributed by atoms with Crippen LogP contribution in [-0.4, -0.2) is 53.8 Å². The fourth-order valence-corrected chi connectivity index (χ4v) is 7.43. The Bertz CT molecular complexity index is 715. The number of carbonyl (C=O) groups is 1. The molecule has 0 rings (SSSR count). The average Bonchev–Trinajstić information content (AvgIpc) is 2.85. The molecule has 0 aliphatic heterocycles. The van der Waals surface area contributed by atoms with Crippen LogP contribution < -0.4 is 0 Å². The molecule has 0 saturated carbocycles. The molecule has 4 atom stereocenters. The fourth-order valence-electron chi connectivity index (χ4n) is 4.32. The highest BCUT2D eigenvalue weighted by atomic mass is 32.2. The lowest BCUT2D eigenvalue weighted by Gasteiger charge is -2.22. The van der Waals surface area contributed by atoms with E-state index >= 15 is 0 Å². The van der Waals surface area contributed by atoms with E-state index in [-0.39, 0.29) is 12.4 Å². The minimum atomic E-state index is -3.58. The van der Waals surface area contributed by atoms with Gasteiger partial charge in [-0.25, -0.2) is 13.2 Å². The Kier molecular flexibility index (Phi) is 20.9. The van der Waals surface area contributed by atoms with Gasteiger partial charge in [-0.05, 0) is 30.8 Å². The molecule has 0 heterocycles. The first-order valence-electron chi connectivity index (χ1n) is 14.5. The Balaban J connectivity index is 5.10. The number of hydrogen-bond acceptors (Lipinski definition) is 7. The number of ether oxygens (including phenoxy) is 1. The second kappa shape index (κ2) is 21.2. The largest absolute Gasteiger partial charge is 0.589 e. The first-order chi connectivity index (χ1) is 17.6. The van der Waals surface area contributed by atoms with Crippen molar-refractivity contribution in [3.05, 3.63) is 0 Å². The standard InChI is InChI=1S/C27H53O8PS/c1-5-8-10-12-14-15-16-18-20-23-37(32,33)25(21-19-17-13-11-9-6-2)24(4)35-36(31)27(30,26(28)29)34-22-7-3/h24-25,30H,5-23H2,1-4H3/p+1. The summed E-state index contributed by atoms with van der Waals surface area (Å²) in [5.74, 6) is -1.80. The summed E-state index contributed by atoms with van der Waals surface area (Å²) < 4.78 is 49.6. The van der Waals surface area contributed by atoms with Gasteiger partial charge in [-0.1, -0.05) is 111 Å². The monoisotopic (exact) mass is 569 g/mol. The van der Waals surface area contributed by atoms with Crippen molar-refractivity contribution in [2.75, 3.05) is 12.4 Å². The van der Waals surface area contributed by atoms with Gasteiger partial charge < -0.3 is 10.2 Å². The number of hydrogen-bond donors (Lipinski definition) is 2. The second-order valence-corrected chi connectivity index (χ2v) is 13.8. The summed E-state index contributed by atoms with van der Waals surface area (Å²) in [5, 5.41) is 18.8. The van der Waals surface area contributed by atoms with Crippen LogP contribution in [0.5, 0.6) is 0 Å². The summed E-state index contributed by atoms with van der Waals surface area (Å²) in [5.41, 5.74) is -3.01. The molecule has 4 unspecified atom stereocenters. The zero-order valence-electron chi connectivity index (χ0n) is 23.8. The van der Waals surface area contributed by atoms with Crippen molar-refractivity contribution in [3.8, 4) is 0 Å². The fraction of sp³-hybridized carbons (Fsp3) is 0.963. The molecule has 0 aromatic rings. The van der Waals surface area contributed by atoms with E-state index in [0.29, 0.717) is 25.7 Å². The molecule has 0 aromatic carbocycles. The van der Waals surface area contributed by atoms with Gasteiger partial charge in [-0.2, -0.15) is 0 Å². The van der Waals surface area contributed by atoms with Crippen LogP contribution in [0, 0.1) is 0 Å². The van der Waals surface area contributed by atoms with Gasteiger partial charge in [0.15, 0.2) is 9.84 Å². The van der Waals surface area contributed by atoms with E-state index in [1.165, 1.54) is 39.0 Å². The highest BCUT2D eigenvalue weighted by Crippen LogP contribution is 2.42. The average molecular weight is 570 g/mol. The molecule has 0 bridgehead atoms. The van der Waals surface area contributed by atoms with Crippen molar-refractivity contribution in [3.63, 3.8) is 0 Å². The molecule has 37 heavy (non-hydrogen) atoms. The van der Waals surface area contributed by atoms with Gasteiger partial charge in [0.2, 0.25) is 0 Å². The SMILES string of the molecule is CCCCCCCCCCCS(=O)(=O)C(CCCCCCCC)C(C)O[P+](=O)C(O)(OCCC)C(=O)O. The number of carboxylic acid groups (broad SMARTS) is 1. The molecule has 8 nitrogen and oxygen atoms in total. The molecular formula is C27H54O8PS+. The molecule has 0 aliphatic rings. The van der Waals surface area contributed by atoms with Crippen molar-refractivity contribution >= 4 is 23.8 Å². The van der Waals surface area contributed by atoms with Gasteiger partial charge in [0.25, 0.3) is 0 Å². The Morgan fingerprint density at radius 3 is 1.73 bits per heavy atom. The molecule has 0 aliphatic carbocycles. The smallest absolute Gasteiger partial charge is 0.474 e. The van der Waals surface area contributed by atoms with Gasteiger partial charge >= 0.3 is 19.5 Å². The molecule has 0 radical (unpaired) electrons. The van der Waals surface area contributed by atoms with Gasteiger partial charge in [-0.15, -0.1) is 4.52 Å². The Morgan fingerprint density at radius 1 is 0.811 bits per heavy atom. The number of carboxylic acids is 1. The quantitative estimate of drug-likeness (QED) is 0.0628. The van der Waals surface area contributed by atoms with Crippen LogP contribution in [0.2, 0.25) is 0 Å². The lowest BCUT2D eigenvalue weighted by atomic mass is 10.1. The van der Waals surface area contributed by atoms with E-state index in [0.717, 1.165) is 51.4 Å². The van der Waals surface area contributed by atoms with Crippen molar-refractivity contribution in [1.82, 2.24) is 0 Å². The first kappa shape index (κ1) is 36.4. The van der Waals surface area contributed by atoms with E-state index in [9.17, 15) is 28.0 Å². The third-order valence-corrected chi connectivity index (χ3v) is 10.4. The predicted molar refractivity (Wildman–Crippen MR) is 150 cm³/mol. The van der Waals surface area contributed by atoms with Crippen LogP contribution in [-0.2, 0) is 28.5 Å². The summed E-state index contributed by atoms with van der Waals surface area (Å²) in [7, 11) is -6.81. The summed E-state index contributed by atoms with van der Waals surface area (Å²) in [4.78, 5) is 11.6. The lowest BCUT2D eigenvalue weighted by molar-refractivity contribution is -0.192. The minimum absolute atomic E-state index is 0.0172. The molecule has 220 valence electrons. The van der Waals surface area contributed by atoms with Crippen molar-refractivity contribution in [2.24, 2.45) is 0 Å².